The van der Waals surface area contributed by atoms with Crippen LogP contribution in [0.4, 0.5) is 6.01 Å². The number of benzene rings is 2. The first-order valence-electron chi connectivity index (χ1n) is 8.83. The molecule has 0 aliphatic heterocycles. The van der Waals surface area contributed by atoms with Crippen LogP contribution in [0.25, 0.3) is 16.6 Å². The van der Waals surface area contributed by atoms with Crippen LogP contribution in [0.5, 0.6) is 0 Å². The van der Waals surface area contributed by atoms with E-state index in [2.05, 4.69) is 20.4 Å². The number of nitrogens with zero attached hydrogens (tertiary/aromatic N) is 4. The standard InChI is InChI=1S/C20H17N5O3S/c1-12-7-9-14(10-8-12)25-18(27)15-5-3-4-6-16(15)22-20(25)29-11-17(26)23-19-21-13(2)24-28-19/h3-10H,11H2,1-2H3,(H,21,23,24,26). The third kappa shape index (κ3) is 4.04. The van der Waals surface area contributed by atoms with E-state index in [1.807, 2.05) is 37.3 Å². The van der Waals surface area contributed by atoms with E-state index in [0.717, 1.165) is 17.3 Å². The van der Waals surface area contributed by atoms with Gasteiger partial charge in [-0.25, -0.2) is 4.98 Å². The molecule has 8 nitrogen and oxygen atoms in total. The van der Waals surface area contributed by atoms with Crippen molar-refractivity contribution < 1.29 is 9.32 Å². The van der Waals surface area contributed by atoms with Gasteiger partial charge >= 0.3 is 6.01 Å². The first-order valence-corrected chi connectivity index (χ1v) is 9.81. The third-order valence-electron chi connectivity index (χ3n) is 4.14. The molecular formula is C20H17N5O3S. The lowest BCUT2D eigenvalue weighted by Crippen LogP contribution is -2.23. The van der Waals surface area contributed by atoms with Gasteiger partial charge in [0.05, 0.1) is 22.3 Å². The summed E-state index contributed by atoms with van der Waals surface area (Å²) in [5.41, 5.74) is 2.17. The number of amides is 1. The molecule has 0 aliphatic rings. The zero-order valence-electron chi connectivity index (χ0n) is 15.7. The Kier molecular flexibility index (Phi) is 5.13. The fourth-order valence-corrected chi connectivity index (χ4v) is 3.58. The van der Waals surface area contributed by atoms with Gasteiger partial charge in [0.2, 0.25) is 5.91 Å². The van der Waals surface area contributed by atoms with Gasteiger partial charge in [-0.2, -0.15) is 4.98 Å². The van der Waals surface area contributed by atoms with Crippen molar-refractivity contribution in [3.8, 4) is 5.69 Å². The van der Waals surface area contributed by atoms with Crippen molar-refractivity contribution in [2.75, 3.05) is 11.1 Å². The normalized spacial score (nSPS) is 11.0. The lowest BCUT2D eigenvalue weighted by molar-refractivity contribution is -0.114. The molecule has 0 atom stereocenters. The Hall–Kier alpha value is -3.46. The lowest BCUT2D eigenvalue weighted by atomic mass is 10.2. The number of hydrogen-bond donors (Lipinski definition) is 1. The second-order valence-electron chi connectivity index (χ2n) is 6.37. The van der Waals surface area contributed by atoms with Gasteiger partial charge in [0.15, 0.2) is 11.0 Å². The number of hydrogen-bond acceptors (Lipinski definition) is 7. The van der Waals surface area contributed by atoms with Crippen LogP contribution in [0.1, 0.15) is 11.4 Å². The van der Waals surface area contributed by atoms with Crippen LogP contribution in [0.15, 0.2) is 63.0 Å². The molecule has 0 unspecified atom stereocenters. The molecule has 9 heteroatoms. The van der Waals surface area contributed by atoms with Gasteiger partial charge in [-0.15, -0.1) is 0 Å². The number of thioether (sulfide) groups is 1. The molecule has 0 bridgehead atoms. The smallest absolute Gasteiger partial charge is 0.315 e. The van der Waals surface area contributed by atoms with Crippen molar-refractivity contribution in [1.82, 2.24) is 19.7 Å². The summed E-state index contributed by atoms with van der Waals surface area (Å²) >= 11 is 1.16. The van der Waals surface area contributed by atoms with Crippen molar-refractivity contribution in [2.45, 2.75) is 19.0 Å². The minimum atomic E-state index is -0.337. The Bertz CT molecular complexity index is 1250. The monoisotopic (exact) mass is 407 g/mol. The van der Waals surface area contributed by atoms with Crippen LogP contribution in [0.2, 0.25) is 0 Å². The summed E-state index contributed by atoms with van der Waals surface area (Å²) in [6.45, 7) is 3.64. The van der Waals surface area contributed by atoms with Crippen molar-refractivity contribution in [3.63, 3.8) is 0 Å². The molecule has 0 radical (unpaired) electrons. The number of anilines is 1. The Labute approximate surface area is 170 Å². The quantitative estimate of drug-likeness (QED) is 0.400. The number of aryl methyl sites for hydroxylation is 2. The average molecular weight is 407 g/mol. The maximum atomic E-state index is 13.1. The molecule has 2 aromatic carbocycles. The molecule has 1 amide bonds. The molecule has 4 aromatic rings. The summed E-state index contributed by atoms with van der Waals surface area (Å²) in [5.74, 6) is 0.117. The molecule has 4 rings (SSSR count). The maximum absolute atomic E-state index is 13.1. The van der Waals surface area contributed by atoms with E-state index >= 15 is 0 Å². The lowest BCUT2D eigenvalue weighted by Gasteiger charge is -2.13. The number of para-hydroxylation sites is 1. The van der Waals surface area contributed by atoms with Gasteiger partial charge in [-0.1, -0.05) is 46.7 Å². The van der Waals surface area contributed by atoms with Gasteiger partial charge in [-0.3, -0.25) is 19.5 Å². The van der Waals surface area contributed by atoms with E-state index in [1.165, 1.54) is 4.57 Å². The molecule has 0 saturated carbocycles. The highest BCUT2D eigenvalue weighted by atomic mass is 32.2. The van der Waals surface area contributed by atoms with Crippen LogP contribution >= 0.6 is 11.8 Å². The molecule has 0 aliphatic carbocycles. The topological polar surface area (TPSA) is 103 Å². The number of rotatable bonds is 5. The van der Waals surface area contributed by atoms with Crippen LogP contribution in [0.3, 0.4) is 0 Å². The van der Waals surface area contributed by atoms with Gasteiger partial charge in [0, 0.05) is 0 Å². The Morgan fingerprint density at radius 2 is 1.86 bits per heavy atom. The van der Waals surface area contributed by atoms with Crippen molar-refractivity contribution in [2.24, 2.45) is 0 Å². The largest absolute Gasteiger partial charge is 0.328 e. The number of carbonyl (C=O) groups excluding carboxylic acids is 1. The second-order valence-corrected chi connectivity index (χ2v) is 7.31. The summed E-state index contributed by atoms with van der Waals surface area (Å²) in [6.07, 6.45) is 0. The Morgan fingerprint density at radius 3 is 2.59 bits per heavy atom. The minimum Gasteiger partial charge on any atom is -0.315 e. The highest BCUT2D eigenvalue weighted by Gasteiger charge is 2.15. The number of fused-ring (bicyclic) bond motifs is 1. The van der Waals surface area contributed by atoms with E-state index in [-0.39, 0.29) is 23.2 Å². The molecule has 2 aromatic heterocycles. The van der Waals surface area contributed by atoms with E-state index in [0.29, 0.717) is 27.6 Å². The third-order valence-corrected chi connectivity index (χ3v) is 5.08. The summed E-state index contributed by atoms with van der Waals surface area (Å²) in [6, 6.07) is 14.8. The van der Waals surface area contributed by atoms with Crippen molar-refractivity contribution in [1.29, 1.82) is 0 Å². The highest BCUT2D eigenvalue weighted by Crippen LogP contribution is 2.22. The SMILES string of the molecule is Cc1ccc(-n2c(SCC(=O)Nc3nc(C)no3)nc3ccccc3c2=O)cc1. The summed E-state index contributed by atoms with van der Waals surface area (Å²) in [5, 5.41) is 7.11. The zero-order chi connectivity index (χ0) is 20.4. The number of carbonyl (C=O) groups is 1. The first kappa shape index (κ1) is 18.9. The fraction of sp³-hybridized carbons (Fsp3) is 0.150. The summed E-state index contributed by atoms with van der Waals surface area (Å²) < 4.78 is 6.42. The van der Waals surface area contributed by atoms with Crippen LogP contribution in [-0.4, -0.2) is 31.4 Å². The van der Waals surface area contributed by atoms with Gasteiger partial charge in [-0.05, 0) is 38.1 Å². The Balaban J connectivity index is 1.68. The zero-order valence-corrected chi connectivity index (χ0v) is 16.6. The maximum Gasteiger partial charge on any atom is 0.328 e. The summed E-state index contributed by atoms with van der Waals surface area (Å²) in [4.78, 5) is 34.0. The molecule has 1 N–H and O–H groups in total. The van der Waals surface area contributed by atoms with E-state index < -0.39 is 0 Å². The van der Waals surface area contributed by atoms with Gasteiger partial charge in [0.25, 0.3) is 5.56 Å². The van der Waals surface area contributed by atoms with Gasteiger partial charge in [0.1, 0.15) is 0 Å². The molecule has 2 heterocycles. The average Bonchev–Trinajstić information content (AvgIpc) is 3.12. The first-order chi connectivity index (χ1) is 14.0. The predicted octanol–water partition coefficient (Wildman–Crippen LogP) is 3.12. The van der Waals surface area contributed by atoms with Gasteiger partial charge < -0.3 is 4.52 Å². The van der Waals surface area contributed by atoms with Crippen LogP contribution in [0, 0.1) is 13.8 Å². The number of nitrogens with one attached hydrogen (secondary N) is 1. The number of aromatic nitrogens is 4. The fourth-order valence-electron chi connectivity index (χ4n) is 2.76. The molecule has 0 spiro atoms. The summed E-state index contributed by atoms with van der Waals surface area (Å²) in [7, 11) is 0. The van der Waals surface area contributed by atoms with Crippen molar-refractivity contribution in [3.05, 3.63) is 70.3 Å². The van der Waals surface area contributed by atoms with E-state index in [4.69, 9.17) is 4.52 Å². The predicted molar refractivity (Wildman–Crippen MR) is 110 cm³/mol. The van der Waals surface area contributed by atoms with Crippen molar-refractivity contribution >= 4 is 34.6 Å². The molecule has 29 heavy (non-hydrogen) atoms. The Morgan fingerprint density at radius 1 is 1.10 bits per heavy atom. The van der Waals surface area contributed by atoms with Crippen LogP contribution in [-0.2, 0) is 4.79 Å². The van der Waals surface area contributed by atoms with Crippen LogP contribution < -0.4 is 10.9 Å². The molecule has 0 saturated heterocycles. The highest BCUT2D eigenvalue weighted by molar-refractivity contribution is 7.99. The molecular weight excluding hydrogens is 390 g/mol. The molecule has 0 fully saturated rings. The van der Waals surface area contributed by atoms with E-state index in [1.54, 1.807) is 25.1 Å². The minimum absolute atomic E-state index is 0.0259. The van der Waals surface area contributed by atoms with E-state index in [9.17, 15) is 9.59 Å². The molecule has 146 valence electrons. The second kappa shape index (κ2) is 7.88.